The molecule has 0 aliphatic rings. The van der Waals surface area contributed by atoms with Crippen LogP contribution in [0.4, 0.5) is 0 Å². The van der Waals surface area contributed by atoms with Crippen LogP contribution in [-0.2, 0) is 11.3 Å². The van der Waals surface area contributed by atoms with Gasteiger partial charge in [0.1, 0.15) is 5.75 Å². The van der Waals surface area contributed by atoms with Crippen LogP contribution < -0.4 is 4.74 Å². The molecule has 0 heterocycles. The number of rotatable bonds is 10. The molecule has 0 amide bonds. The minimum atomic E-state index is -0.748. The Morgan fingerprint density at radius 3 is 2.33 bits per heavy atom. The topological polar surface area (TPSA) is 53.0 Å². The molecule has 0 atom stereocenters. The highest BCUT2D eigenvalue weighted by molar-refractivity contribution is 5.66. The smallest absolute Gasteiger partial charge is 0.304 e. The third-order valence-electron chi connectivity index (χ3n) is 3.29. The van der Waals surface area contributed by atoms with E-state index in [0.29, 0.717) is 6.54 Å². The number of benzene rings is 1. The van der Waals surface area contributed by atoms with Crippen molar-refractivity contribution in [2.45, 2.75) is 19.4 Å². The minimum absolute atomic E-state index is 0.179. The Labute approximate surface area is 127 Å². The van der Waals surface area contributed by atoms with Gasteiger partial charge in [-0.3, -0.25) is 9.69 Å². The van der Waals surface area contributed by atoms with Crippen molar-refractivity contribution in [1.29, 1.82) is 0 Å². The summed E-state index contributed by atoms with van der Waals surface area (Å²) in [7, 11) is 5.74. The molecule has 0 aliphatic heterocycles. The summed E-state index contributed by atoms with van der Waals surface area (Å²) >= 11 is 0. The Morgan fingerprint density at radius 1 is 1.14 bits per heavy atom. The molecule has 1 N–H and O–H groups in total. The molecule has 0 radical (unpaired) electrons. The van der Waals surface area contributed by atoms with Gasteiger partial charge in [-0.05, 0) is 51.3 Å². The summed E-state index contributed by atoms with van der Waals surface area (Å²) in [6, 6.07) is 7.92. The molecule has 1 aromatic carbocycles. The highest BCUT2D eigenvalue weighted by Gasteiger charge is 2.09. The lowest BCUT2D eigenvalue weighted by Gasteiger charge is -2.22. The van der Waals surface area contributed by atoms with Crippen LogP contribution in [0.2, 0.25) is 0 Å². The van der Waals surface area contributed by atoms with Gasteiger partial charge in [-0.25, -0.2) is 0 Å². The van der Waals surface area contributed by atoms with Crippen molar-refractivity contribution in [2.24, 2.45) is 0 Å². The number of aliphatic carboxylic acids is 1. The maximum absolute atomic E-state index is 10.8. The molecule has 1 rings (SSSR count). The average molecular weight is 294 g/mol. The van der Waals surface area contributed by atoms with Crippen LogP contribution in [-0.4, -0.2) is 61.7 Å². The van der Waals surface area contributed by atoms with E-state index in [1.54, 1.807) is 7.11 Å². The van der Waals surface area contributed by atoms with Gasteiger partial charge >= 0.3 is 5.97 Å². The number of carbonyl (C=O) groups is 1. The molecule has 0 saturated heterocycles. The Bertz CT molecular complexity index is 418. The third kappa shape index (κ3) is 7.68. The molecule has 0 aliphatic carbocycles. The highest BCUT2D eigenvalue weighted by atomic mass is 16.5. The van der Waals surface area contributed by atoms with Crippen LogP contribution in [0.1, 0.15) is 18.4 Å². The molecule has 0 aromatic heterocycles. The molecular formula is C16H26N2O3. The predicted octanol–water partition coefficient (Wildman–Crippen LogP) is 1.92. The van der Waals surface area contributed by atoms with Crippen molar-refractivity contribution in [2.75, 3.05) is 40.8 Å². The molecule has 0 bridgehead atoms. The SMILES string of the molecule is COc1ccc(CN(CCCN(C)C)CCC(=O)O)cc1. The molecule has 0 fully saturated rings. The molecular weight excluding hydrogens is 268 g/mol. The second kappa shape index (κ2) is 9.37. The predicted molar refractivity (Wildman–Crippen MR) is 83.7 cm³/mol. The van der Waals surface area contributed by atoms with Gasteiger partial charge in [-0.1, -0.05) is 12.1 Å². The lowest BCUT2D eigenvalue weighted by Crippen LogP contribution is -2.29. The van der Waals surface area contributed by atoms with Crippen LogP contribution in [0.3, 0.4) is 0 Å². The van der Waals surface area contributed by atoms with E-state index in [9.17, 15) is 4.79 Å². The summed E-state index contributed by atoms with van der Waals surface area (Å²) in [6.45, 7) is 3.25. The number of methoxy groups -OCH3 is 1. The summed E-state index contributed by atoms with van der Waals surface area (Å²) in [5.74, 6) is 0.0887. The summed E-state index contributed by atoms with van der Waals surface area (Å²) in [6.07, 6.45) is 1.21. The number of hydrogen-bond donors (Lipinski definition) is 1. The first-order valence-electron chi connectivity index (χ1n) is 7.23. The maximum Gasteiger partial charge on any atom is 0.304 e. The number of hydrogen-bond acceptors (Lipinski definition) is 4. The van der Waals surface area contributed by atoms with Crippen molar-refractivity contribution >= 4 is 5.97 Å². The van der Waals surface area contributed by atoms with Crippen molar-refractivity contribution in [3.8, 4) is 5.75 Å². The largest absolute Gasteiger partial charge is 0.497 e. The molecule has 21 heavy (non-hydrogen) atoms. The van der Waals surface area contributed by atoms with Gasteiger partial charge in [0.25, 0.3) is 0 Å². The first kappa shape index (κ1) is 17.5. The van der Waals surface area contributed by atoms with Crippen LogP contribution in [0.15, 0.2) is 24.3 Å². The van der Waals surface area contributed by atoms with E-state index in [1.807, 2.05) is 38.4 Å². The van der Waals surface area contributed by atoms with E-state index in [4.69, 9.17) is 9.84 Å². The Balaban J connectivity index is 2.54. The zero-order chi connectivity index (χ0) is 15.7. The van der Waals surface area contributed by atoms with Gasteiger partial charge in [0.15, 0.2) is 0 Å². The number of carboxylic acids is 1. The Hall–Kier alpha value is -1.59. The van der Waals surface area contributed by atoms with Gasteiger partial charge in [0, 0.05) is 13.1 Å². The molecule has 1 aromatic rings. The zero-order valence-electron chi connectivity index (χ0n) is 13.2. The van der Waals surface area contributed by atoms with Crippen LogP contribution in [0, 0.1) is 0 Å². The number of nitrogens with zero attached hydrogens (tertiary/aromatic N) is 2. The maximum atomic E-state index is 10.8. The number of carboxylic acid groups (broad SMARTS) is 1. The van der Waals surface area contributed by atoms with E-state index in [0.717, 1.165) is 31.8 Å². The van der Waals surface area contributed by atoms with Crippen molar-refractivity contribution in [3.05, 3.63) is 29.8 Å². The zero-order valence-corrected chi connectivity index (χ0v) is 13.2. The standard InChI is InChI=1S/C16H26N2O3/c1-17(2)10-4-11-18(12-9-16(19)20)13-14-5-7-15(21-3)8-6-14/h5-8H,4,9-13H2,1-3H3,(H,19,20). The third-order valence-corrected chi connectivity index (χ3v) is 3.29. The summed E-state index contributed by atoms with van der Waals surface area (Å²) in [5, 5.41) is 8.86. The van der Waals surface area contributed by atoms with Crippen molar-refractivity contribution in [1.82, 2.24) is 9.80 Å². The number of ether oxygens (including phenoxy) is 1. The monoisotopic (exact) mass is 294 g/mol. The molecule has 5 heteroatoms. The second-order valence-corrected chi connectivity index (χ2v) is 5.42. The fourth-order valence-corrected chi connectivity index (χ4v) is 2.12. The molecule has 0 spiro atoms. The van der Waals surface area contributed by atoms with Gasteiger partial charge < -0.3 is 14.7 Å². The van der Waals surface area contributed by atoms with Gasteiger partial charge in [0.05, 0.1) is 13.5 Å². The van der Waals surface area contributed by atoms with Crippen LogP contribution in [0.25, 0.3) is 0 Å². The highest BCUT2D eigenvalue weighted by Crippen LogP contribution is 2.13. The first-order valence-corrected chi connectivity index (χ1v) is 7.23. The molecule has 0 unspecified atom stereocenters. The quantitative estimate of drug-likeness (QED) is 0.714. The lowest BCUT2D eigenvalue weighted by molar-refractivity contribution is -0.137. The first-order chi connectivity index (χ1) is 10.0. The van der Waals surface area contributed by atoms with E-state index in [-0.39, 0.29) is 6.42 Å². The fourth-order valence-electron chi connectivity index (χ4n) is 2.12. The lowest BCUT2D eigenvalue weighted by atomic mass is 10.2. The van der Waals surface area contributed by atoms with Gasteiger partial charge in [0.2, 0.25) is 0 Å². The fraction of sp³-hybridized carbons (Fsp3) is 0.562. The second-order valence-electron chi connectivity index (χ2n) is 5.42. The Morgan fingerprint density at radius 2 is 1.81 bits per heavy atom. The molecule has 118 valence electrons. The minimum Gasteiger partial charge on any atom is -0.497 e. The van der Waals surface area contributed by atoms with E-state index in [2.05, 4.69) is 9.80 Å². The van der Waals surface area contributed by atoms with Crippen LogP contribution in [0.5, 0.6) is 5.75 Å². The average Bonchev–Trinajstić information content (AvgIpc) is 2.45. The summed E-state index contributed by atoms with van der Waals surface area (Å²) in [5.41, 5.74) is 1.17. The van der Waals surface area contributed by atoms with Crippen molar-refractivity contribution in [3.63, 3.8) is 0 Å². The molecule has 5 nitrogen and oxygen atoms in total. The summed E-state index contributed by atoms with van der Waals surface area (Å²) < 4.78 is 5.15. The van der Waals surface area contributed by atoms with Gasteiger partial charge in [-0.2, -0.15) is 0 Å². The van der Waals surface area contributed by atoms with E-state index < -0.39 is 5.97 Å². The molecule has 0 saturated carbocycles. The van der Waals surface area contributed by atoms with Crippen LogP contribution >= 0.6 is 0 Å². The normalized spacial score (nSPS) is 11.1. The van der Waals surface area contributed by atoms with Crippen molar-refractivity contribution < 1.29 is 14.6 Å². The van der Waals surface area contributed by atoms with E-state index in [1.165, 1.54) is 5.56 Å². The summed E-state index contributed by atoms with van der Waals surface area (Å²) in [4.78, 5) is 15.1. The Kier molecular flexibility index (Phi) is 7.79. The van der Waals surface area contributed by atoms with Gasteiger partial charge in [-0.15, -0.1) is 0 Å². The van der Waals surface area contributed by atoms with E-state index >= 15 is 0 Å².